The average molecular weight is 270 g/mol. The molecule has 0 N–H and O–H groups in total. The Morgan fingerprint density at radius 2 is 2.00 bits per heavy atom. The fraction of sp³-hybridized carbons (Fsp3) is 0.438. The minimum absolute atomic E-state index is 0.125. The minimum atomic E-state index is -0.645. The van der Waals surface area contributed by atoms with E-state index < -0.39 is 5.41 Å². The van der Waals surface area contributed by atoms with Crippen LogP contribution in [0.15, 0.2) is 24.3 Å². The monoisotopic (exact) mass is 270 g/mol. The van der Waals surface area contributed by atoms with Crippen molar-refractivity contribution in [3.63, 3.8) is 0 Å². The first-order chi connectivity index (χ1) is 9.36. The van der Waals surface area contributed by atoms with E-state index in [4.69, 9.17) is 0 Å². The van der Waals surface area contributed by atoms with Crippen molar-refractivity contribution < 1.29 is 9.59 Å². The number of rotatable bonds is 3. The van der Waals surface area contributed by atoms with Crippen LogP contribution in [0.1, 0.15) is 38.3 Å². The molecule has 104 valence electrons. The van der Waals surface area contributed by atoms with Gasteiger partial charge in [-0.15, -0.1) is 0 Å². The number of carbonyl (C=O) groups excluding carboxylic acids is 2. The summed E-state index contributed by atoms with van der Waals surface area (Å²) in [6.45, 7) is 5.69. The van der Waals surface area contributed by atoms with Crippen molar-refractivity contribution >= 4 is 11.8 Å². The lowest BCUT2D eigenvalue weighted by atomic mass is 9.83. The second-order valence-electron chi connectivity index (χ2n) is 5.82. The second kappa shape index (κ2) is 5.09. The van der Waals surface area contributed by atoms with Gasteiger partial charge in [-0.25, -0.2) is 0 Å². The zero-order chi connectivity index (χ0) is 14.9. The summed E-state index contributed by atoms with van der Waals surface area (Å²) < 4.78 is 0. The fourth-order valence-corrected chi connectivity index (χ4v) is 2.51. The third kappa shape index (κ3) is 2.44. The summed E-state index contributed by atoms with van der Waals surface area (Å²) in [6, 6.07) is 9.75. The smallest absolute Gasteiger partial charge is 0.232 e. The van der Waals surface area contributed by atoms with Gasteiger partial charge >= 0.3 is 0 Å². The van der Waals surface area contributed by atoms with Crippen molar-refractivity contribution in [2.45, 2.75) is 39.2 Å². The lowest BCUT2D eigenvalue weighted by molar-refractivity contribution is -0.139. The van der Waals surface area contributed by atoms with Gasteiger partial charge in [0.05, 0.1) is 18.0 Å². The van der Waals surface area contributed by atoms with Crippen molar-refractivity contribution in [3.8, 4) is 6.07 Å². The molecule has 1 aliphatic heterocycles. The van der Waals surface area contributed by atoms with E-state index in [9.17, 15) is 14.9 Å². The lowest BCUT2D eigenvalue weighted by Gasteiger charge is -2.23. The van der Waals surface area contributed by atoms with Crippen LogP contribution in [0, 0.1) is 17.2 Å². The maximum absolute atomic E-state index is 12.0. The molecular weight excluding hydrogens is 252 g/mol. The lowest BCUT2D eigenvalue weighted by Crippen LogP contribution is -2.31. The van der Waals surface area contributed by atoms with Crippen molar-refractivity contribution in [1.82, 2.24) is 4.90 Å². The largest absolute Gasteiger partial charge is 0.278 e. The number of hydrogen-bond donors (Lipinski definition) is 0. The molecule has 2 rings (SSSR count). The minimum Gasteiger partial charge on any atom is -0.278 e. The van der Waals surface area contributed by atoms with Gasteiger partial charge < -0.3 is 0 Å². The topological polar surface area (TPSA) is 61.2 Å². The van der Waals surface area contributed by atoms with Crippen molar-refractivity contribution in [1.29, 1.82) is 5.26 Å². The molecule has 1 aromatic rings. The summed E-state index contributed by atoms with van der Waals surface area (Å²) in [4.78, 5) is 25.2. The van der Waals surface area contributed by atoms with Crippen molar-refractivity contribution in [2.75, 3.05) is 0 Å². The van der Waals surface area contributed by atoms with Gasteiger partial charge in [-0.05, 0) is 25.0 Å². The summed E-state index contributed by atoms with van der Waals surface area (Å²) in [5.74, 6) is -0.495. The van der Waals surface area contributed by atoms with Crippen LogP contribution in [0.3, 0.4) is 0 Å². The average Bonchev–Trinajstić information content (AvgIpc) is 2.66. The molecule has 0 aliphatic carbocycles. The van der Waals surface area contributed by atoms with Gasteiger partial charge in [0.2, 0.25) is 11.8 Å². The standard InChI is InChI=1S/C16H18N2O2/c1-11-8-14(19)18(15(11)20)9-12-6-4-5-7-13(12)16(2,3)10-17/h4-7,11H,8-9H2,1-3H3/t11-/m1/s1. The molecule has 0 unspecified atom stereocenters. The predicted molar refractivity (Wildman–Crippen MR) is 74.4 cm³/mol. The Kier molecular flexibility index (Phi) is 3.63. The van der Waals surface area contributed by atoms with Crippen LogP contribution in [-0.2, 0) is 21.5 Å². The summed E-state index contributed by atoms with van der Waals surface area (Å²) in [5, 5.41) is 9.28. The number of nitriles is 1. The molecule has 0 saturated carbocycles. The van der Waals surface area contributed by atoms with E-state index >= 15 is 0 Å². The summed E-state index contributed by atoms with van der Waals surface area (Å²) in [6.07, 6.45) is 0.280. The number of amides is 2. The molecule has 4 heteroatoms. The number of carbonyl (C=O) groups is 2. The zero-order valence-electron chi connectivity index (χ0n) is 12.0. The normalized spacial score (nSPS) is 19.3. The van der Waals surface area contributed by atoms with Gasteiger partial charge in [0, 0.05) is 12.3 Å². The molecule has 0 radical (unpaired) electrons. The van der Waals surface area contributed by atoms with Gasteiger partial charge in [0.25, 0.3) is 0 Å². The third-order valence-electron chi connectivity index (χ3n) is 3.77. The molecule has 1 heterocycles. The molecule has 4 nitrogen and oxygen atoms in total. The molecule has 1 saturated heterocycles. The highest BCUT2D eigenvalue weighted by atomic mass is 16.2. The molecule has 2 amide bonds. The van der Waals surface area contributed by atoms with Gasteiger partial charge in [-0.3, -0.25) is 14.5 Å². The Hall–Kier alpha value is -2.15. The molecule has 0 aromatic heterocycles. The van der Waals surface area contributed by atoms with E-state index in [1.54, 1.807) is 6.92 Å². The Morgan fingerprint density at radius 1 is 1.35 bits per heavy atom. The third-order valence-corrected chi connectivity index (χ3v) is 3.77. The van der Waals surface area contributed by atoms with E-state index in [1.165, 1.54) is 4.90 Å². The van der Waals surface area contributed by atoms with E-state index in [0.717, 1.165) is 11.1 Å². The Bertz CT molecular complexity index is 599. The Labute approximate surface area is 119 Å². The molecule has 0 spiro atoms. The van der Waals surface area contributed by atoms with E-state index in [2.05, 4.69) is 6.07 Å². The highest BCUT2D eigenvalue weighted by Crippen LogP contribution is 2.28. The number of imide groups is 1. The Morgan fingerprint density at radius 3 is 2.55 bits per heavy atom. The first-order valence-corrected chi connectivity index (χ1v) is 6.70. The molecule has 1 atom stereocenters. The Balaban J connectivity index is 2.34. The molecule has 0 bridgehead atoms. The summed E-state index contributed by atoms with van der Waals surface area (Å²) in [7, 11) is 0. The van der Waals surface area contributed by atoms with Crippen LogP contribution in [0.4, 0.5) is 0 Å². The van der Waals surface area contributed by atoms with Crippen LogP contribution in [-0.4, -0.2) is 16.7 Å². The first-order valence-electron chi connectivity index (χ1n) is 6.70. The SMILES string of the molecule is C[C@@H]1CC(=O)N(Cc2ccccc2C(C)(C)C#N)C1=O. The maximum Gasteiger partial charge on any atom is 0.232 e. The van der Waals surface area contributed by atoms with E-state index in [-0.39, 0.29) is 30.7 Å². The van der Waals surface area contributed by atoms with Gasteiger partial charge in [-0.2, -0.15) is 5.26 Å². The molecule has 20 heavy (non-hydrogen) atoms. The van der Waals surface area contributed by atoms with Gasteiger partial charge in [0.15, 0.2) is 0 Å². The van der Waals surface area contributed by atoms with Gasteiger partial charge in [0.1, 0.15) is 0 Å². The predicted octanol–water partition coefficient (Wildman–Crippen LogP) is 2.38. The number of benzene rings is 1. The molecule has 1 aromatic carbocycles. The summed E-state index contributed by atoms with van der Waals surface area (Å²) >= 11 is 0. The maximum atomic E-state index is 12.0. The number of likely N-dealkylation sites (tertiary alicyclic amines) is 1. The van der Waals surface area contributed by atoms with Gasteiger partial charge in [-0.1, -0.05) is 31.2 Å². The van der Waals surface area contributed by atoms with Crippen LogP contribution in [0.25, 0.3) is 0 Å². The van der Waals surface area contributed by atoms with Crippen molar-refractivity contribution in [3.05, 3.63) is 35.4 Å². The zero-order valence-corrected chi connectivity index (χ0v) is 12.0. The van der Waals surface area contributed by atoms with Crippen LogP contribution < -0.4 is 0 Å². The van der Waals surface area contributed by atoms with Crippen LogP contribution in [0.2, 0.25) is 0 Å². The highest BCUT2D eigenvalue weighted by Gasteiger charge is 2.36. The first kappa shape index (κ1) is 14.3. The molecule has 1 aliphatic rings. The summed E-state index contributed by atoms with van der Waals surface area (Å²) in [5.41, 5.74) is 1.08. The van der Waals surface area contributed by atoms with E-state index in [0.29, 0.717) is 0 Å². The molecule has 1 fully saturated rings. The number of nitrogens with zero attached hydrogens (tertiary/aromatic N) is 2. The van der Waals surface area contributed by atoms with Crippen molar-refractivity contribution in [2.24, 2.45) is 5.92 Å². The fourth-order valence-electron chi connectivity index (χ4n) is 2.51. The highest BCUT2D eigenvalue weighted by molar-refractivity contribution is 6.03. The second-order valence-corrected chi connectivity index (χ2v) is 5.82. The number of hydrogen-bond acceptors (Lipinski definition) is 3. The van der Waals surface area contributed by atoms with E-state index in [1.807, 2.05) is 38.1 Å². The van der Waals surface area contributed by atoms with Crippen LogP contribution in [0.5, 0.6) is 0 Å². The quantitative estimate of drug-likeness (QED) is 0.792. The molecular formula is C16H18N2O2. The van der Waals surface area contributed by atoms with Crippen LogP contribution >= 0.6 is 0 Å².